The molecule has 0 heterocycles. The van der Waals surface area contributed by atoms with Crippen molar-refractivity contribution in [1.82, 2.24) is 0 Å². The zero-order valence-electron chi connectivity index (χ0n) is 7.30. The predicted molar refractivity (Wildman–Crippen MR) is 49.9 cm³/mol. The maximum Gasteiger partial charge on any atom is 0.325 e. The van der Waals surface area contributed by atoms with Crippen LogP contribution in [0, 0.1) is 0 Å². The number of allylic oxidation sites excluding steroid dienone is 1. The smallest absolute Gasteiger partial charge is 0.325 e. The van der Waals surface area contributed by atoms with Crippen LogP contribution in [-0.4, -0.2) is 23.0 Å². The lowest BCUT2D eigenvalue weighted by molar-refractivity contribution is 0.251. The van der Waals surface area contributed by atoms with E-state index in [1.165, 1.54) is 0 Å². The first kappa shape index (κ1) is 10.6. The van der Waals surface area contributed by atoms with E-state index in [0.717, 1.165) is 11.6 Å². The molecule has 0 bridgehead atoms. The monoisotopic (exact) mass is 172 g/mol. The van der Waals surface area contributed by atoms with Gasteiger partial charge in [-0.1, -0.05) is 18.2 Å². The summed E-state index contributed by atoms with van der Waals surface area (Å²) in [7, 11) is 0.231. The van der Waals surface area contributed by atoms with Crippen LogP contribution in [0.3, 0.4) is 0 Å². The molecular weight excluding hydrogens is 156 g/mol. The second kappa shape index (κ2) is 6.33. The van der Waals surface area contributed by atoms with Gasteiger partial charge in [0.25, 0.3) is 0 Å². The van der Waals surface area contributed by atoms with Crippen molar-refractivity contribution in [2.75, 3.05) is 13.7 Å². The van der Waals surface area contributed by atoms with Crippen LogP contribution in [0.4, 0.5) is 0 Å². The van der Waals surface area contributed by atoms with E-state index in [0.29, 0.717) is 6.61 Å². The second-order valence-electron chi connectivity index (χ2n) is 2.46. The summed E-state index contributed by atoms with van der Waals surface area (Å²) in [5.41, 5.74) is 1.03. The van der Waals surface area contributed by atoms with Gasteiger partial charge in [-0.3, -0.25) is 0 Å². The maximum atomic E-state index is 5.44. The Hall–Kier alpha value is -0.383. The topological polar surface area (TPSA) is 18.5 Å². The van der Waals surface area contributed by atoms with Crippen molar-refractivity contribution in [3.63, 3.8) is 0 Å². The first-order valence-electron chi connectivity index (χ1n) is 3.60. The van der Waals surface area contributed by atoms with Crippen molar-refractivity contribution in [3.05, 3.63) is 24.8 Å². The number of hydrogen-bond donors (Lipinski definition) is 0. The van der Waals surface area contributed by atoms with Crippen molar-refractivity contribution >= 4 is 9.28 Å². The van der Waals surface area contributed by atoms with E-state index >= 15 is 0 Å². The van der Waals surface area contributed by atoms with Gasteiger partial charge in [-0.25, -0.2) is 0 Å². The minimum absolute atomic E-state index is 0.610. The van der Waals surface area contributed by atoms with Gasteiger partial charge in [0.1, 0.15) is 0 Å². The number of hydrogen-bond acceptors (Lipinski definition) is 2. The van der Waals surface area contributed by atoms with Crippen molar-refractivity contribution in [2.45, 2.75) is 13.0 Å². The van der Waals surface area contributed by atoms with Crippen LogP contribution in [0.5, 0.6) is 0 Å². The molecule has 0 saturated heterocycles. The van der Waals surface area contributed by atoms with Gasteiger partial charge in [-0.15, -0.1) is 6.58 Å². The summed E-state index contributed by atoms with van der Waals surface area (Å²) in [6.07, 6.45) is 1.83. The van der Waals surface area contributed by atoms with Crippen LogP contribution in [0.2, 0.25) is 6.04 Å². The molecule has 1 unspecified atom stereocenters. The molecule has 0 aromatic heterocycles. The molecule has 11 heavy (non-hydrogen) atoms. The first-order valence-corrected chi connectivity index (χ1v) is 5.36. The SMILES string of the molecule is C=CC[SiH](OC)OCC(=C)C. The van der Waals surface area contributed by atoms with Crippen LogP contribution >= 0.6 is 0 Å². The van der Waals surface area contributed by atoms with Gasteiger partial charge in [0.15, 0.2) is 0 Å². The Kier molecular flexibility index (Phi) is 6.11. The third-order valence-corrected chi connectivity index (χ3v) is 2.92. The molecule has 0 radical (unpaired) electrons. The van der Waals surface area contributed by atoms with Crippen LogP contribution in [0.15, 0.2) is 24.8 Å². The van der Waals surface area contributed by atoms with Crippen molar-refractivity contribution < 1.29 is 8.85 Å². The van der Waals surface area contributed by atoms with Crippen LogP contribution in [-0.2, 0) is 8.85 Å². The van der Waals surface area contributed by atoms with E-state index in [9.17, 15) is 0 Å². The molecule has 0 spiro atoms. The van der Waals surface area contributed by atoms with E-state index in [2.05, 4.69) is 13.2 Å². The summed E-state index contributed by atoms with van der Waals surface area (Å²) < 4.78 is 10.6. The van der Waals surface area contributed by atoms with E-state index in [1.807, 2.05) is 13.0 Å². The summed E-state index contributed by atoms with van der Waals surface area (Å²) in [5.74, 6) is 0. The average molecular weight is 172 g/mol. The van der Waals surface area contributed by atoms with Crippen LogP contribution in [0.1, 0.15) is 6.92 Å². The molecule has 2 nitrogen and oxygen atoms in total. The quantitative estimate of drug-likeness (QED) is 0.448. The normalized spacial score (nSPS) is 12.5. The van der Waals surface area contributed by atoms with E-state index in [-0.39, 0.29) is 0 Å². The Labute approximate surface area is 70.4 Å². The molecule has 0 amide bonds. The molecule has 64 valence electrons. The minimum Gasteiger partial charge on any atom is -0.400 e. The van der Waals surface area contributed by atoms with Gasteiger partial charge >= 0.3 is 9.28 Å². The van der Waals surface area contributed by atoms with E-state index in [4.69, 9.17) is 8.85 Å². The highest BCUT2D eigenvalue weighted by Crippen LogP contribution is 1.98. The highest BCUT2D eigenvalue weighted by atomic mass is 28.3. The molecule has 0 aromatic rings. The standard InChI is InChI=1S/C8H16O2Si/c1-5-6-11(9-4)10-7-8(2)3/h5,11H,1-2,6-7H2,3-4H3. The fraction of sp³-hybridized carbons (Fsp3) is 0.500. The minimum atomic E-state index is -1.45. The molecule has 0 aliphatic heterocycles. The van der Waals surface area contributed by atoms with Crippen LogP contribution < -0.4 is 0 Å². The molecule has 0 aliphatic carbocycles. The fourth-order valence-electron chi connectivity index (χ4n) is 0.604. The number of rotatable bonds is 6. The lowest BCUT2D eigenvalue weighted by Crippen LogP contribution is -2.20. The molecule has 0 rings (SSSR count). The summed E-state index contributed by atoms with van der Waals surface area (Å²) in [6, 6.07) is 0.851. The third-order valence-electron chi connectivity index (χ3n) is 1.14. The van der Waals surface area contributed by atoms with E-state index < -0.39 is 9.28 Å². The lowest BCUT2D eigenvalue weighted by atomic mass is 10.4. The third kappa shape index (κ3) is 6.03. The Morgan fingerprint density at radius 2 is 2.27 bits per heavy atom. The summed E-state index contributed by atoms with van der Waals surface area (Å²) in [4.78, 5) is 0. The Morgan fingerprint density at radius 1 is 1.64 bits per heavy atom. The highest BCUT2D eigenvalue weighted by molar-refractivity contribution is 6.44. The van der Waals surface area contributed by atoms with Gasteiger partial charge in [-0.2, -0.15) is 0 Å². The molecular formula is C8H16O2Si. The second-order valence-corrected chi connectivity index (χ2v) is 4.59. The summed E-state index contributed by atoms with van der Waals surface area (Å²) >= 11 is 0. The molecule has 1 atom stereocenters. The highest BCUT2D eigenvalue weighted by Gasteiger charge is 2.07. The lowest BCUT2D eigenvalue weighted by Gasteiger charge is -2.11. The zero-order chi connectivity index (χ0) is 8.69. The largest absolute Gasteiger partial charge is 0.400 e. The average Bonchev–Trinajstić information content (AvgIpc) is 1.97. The first-order chi connectivity index (χ1) is 5.20. The van der Waals surface area contributed by atoms with Gasteiger partial charge in [0.05, 0.1) is 6.61 Å². The van der Waals surface area contributed by atoms with Gasteiger partial charge in [0.2, 0.25) is 0 Å². The molecule has 0 aliphatic rings. The molecule has 3 heteroatoms. The Balaban J connectivity index is 3.51. The van der Waals surface area contributed by atoms with Crippen molar-refractivity contribution in [3.8, 4) is 0 Å². The van der Waals surface area contributed by atoms with Crippen molar-refractivity contribution in [2.24, 2.45) is 0 Å². The van der Waals surface area contributed by atoms with Gasteiger partial charge in [-0.05, 0) is 6.92 Å². The summed E-state index contributed by atoms with van der Waals surface area (Å²) in [6.45, 7) is 9.91. The molecule has 0 N–H and O–H groups in total. The Morgan fingerprint density at radius 3 is 2.64 bits per heavy atom. The molecule has 0 fully saturated rings. The molecule has 0 saturated carbocycles. The summed E-state index contributed by atoms with van der Waals surface area (Å²) in [5, 5.41) is 0. The zero-order valence-corrected chi connectivity index (χ0v) is 8.45. The fourth-order valence-corrected chi connectivity index (χ4v) is 1.81. The van der Waals surface area contributed by atoms with Crippen LogP contribution in [0.25, 0.3) is 0 Å². The Bertz CT molecular complexity index is 134. The predicted octanol–water partition coefficient (Wildman–Crippen LogP) is 1.63. The van der Waals surface area contributed by atoms with E-state index in [1.54, 1.807) is 7.11 Å². The van der Waals surface area contributed by atoms with Gasteiger partial charge in [0, 0.05) is 13.2 Å². The maximum absolute atomic E-state index is 5.44. The van der Waals surface area contributed by atoms with Crippen molar-refractivity contribution in [1.29, 1.82) is 0 Å². The molecule has 0 aromatic carbocycles. The van der Waals surface area contributed by atoms with Gasteiger partial charge < -0.3 is 8.85 Å².